The van der Waals surface area contributed by atoms with Crippen molar-refractivity contribution in [3.8, 4) is 0 Å². The average Bonchev–Trinajstić information content (AvgIpc) is 1.86. The van der Waals surface area contributed by atoms with Crippen molar-refractivity contribution in [2.75, 3.05) is 0 Å². The van der Waals surface area contributed by atoms with Gasteiger partial charge in [-0.25, -0.2) is 0 Å². The molecular formula is C11H20. The fourth-order valence-corrected chi connectivity index (χ4v) is 1.05. The van der Waals surface area contributed by atoms with Crippen molar-refractivity contribution in [3.05, 3.63) is 23.3 Å². The molecule has 0 saturated heterocycles. The second-order valence-corrected chi connectivity index (χ2v) is 3.31. The molecule has 0 saturated carbocycles. The van der Waals surface area contributed by atoms with Crippen LogP contribution in [0.25, 0.3) is 0 Å². The van der Waals surface area contributed by atoms with Crippen LogP contribution in [-0.4, -0.2) is 0 Å². The van der Waals surface area contributed by atoms with E-state index in [1.807, 2.05) is 0 Å². The molecule has 0 aromatic rings. The second-order valence-electron chi connectivity index (χ2n) is 3.31. The summed E-state index contributed by atoms with van der Waals surface area (Å²) in [5, 5.41) is 0. The lowest BCUT2D eigenvalue weighted by Crippen LogP contribution is -1.73. The van der Waals surface area contributed by atoms with Gasteiger partial charge in [0.15, 0.2) is 0 Å². The molecule has 0 aliphatic heterocycles. The van der Waals surface area contributed by atoms with Crippen LogP contribution in [0.15, 0.2) is 23.3 Å². The molecule has 0 heterocycles. The summed E-state index contributed by atoms with van der Waals surface area (Å²) >= 11 is 0. The lowest BCUT2D eigenvalue weighted by molar-refractivity contribution is 0.812. The first-order valence-corrected chi connectivity index (χ1v) is 4.48. The maximum absolute atomic E-state index is 2.32. The first-order valence-electron chi connectivity index (χ1n) is 4.48. The first-order chi connectivity index (χ1) is 5.16. The minimum atomic E-state index is 1.23. The Morgan fingerprint density at radius 3 is 2.27 bits per heavy atom. The lowest BCUT2D eigenvalue weighted by atomic mass is 10.1. The van der Waals surface area contributed by atoms with Crippen LogP contribution in [0, 0.1) is 0 Å². The minimum absolute atomic E-state index is 1.23. The van der Waals surface area contributed by atoms with Crippen LogP contribution in [0.2, 0.25) is 0 Å². The zero-order chi connectivity index (χ0) is 8.69. The summed E-state index contributed by atoms with van der Waals surface area (Å²) in [6, 6.07) is 0. The van der Waals surface area contributed by atoms with Gasteiger partial charge in [-0.05, 0) is 27.2 Å². The Hall–Kier alpha value is -0.520. The molecule has 0 aromatic heterocycles. The molecule has 0 radical (unpaired) electrons. The van der Waals surface area contributed by atoms with Crippen LogP contribution >= 0.6 is 0 Å². The molecule has 0 unspecified atom stereocenters. The largest absolute Gasteiger partial charge is 0.0816 e. The standard InChI is InChI=1S/C11H20/c1-5-6-7-8-11(4)9-10(2)3/h8-9H,5-7H2,1-4H3. The van der Waals surface area contributed by atoms with E-state index in [1.165, 1.54) is 30.4 Å². The average molecular weight is 152 g/mol. The summed E-state index contributed by atoms with van der Waals surface area (Å²) in [4.78, 5) is 0. The van der Waals surface area contributed by atoms with Gasteiger partial charge in [0, 0.05) is 0 Å². The van der Waals surface area contributed by atoms with Gasteiger partial charge in [0.25, 0.3) is 0 Å². The highest BCUT2D eigenvalue weighted by atomic mass is 13.9. The Bertz CT molecular complexity index is 145. The molecule has 0 amide bonds. The quantitative estimate of drug-likeness (QED) is 0.420. The van der Waals surface area contributed by atoms with Crippen LogP contribution in [0.1, 0.15) is 47.0 Å². The minimum Gasteiger partial charge on any atom is -0.0816 e. The van der Waals surface area contributed by atoms with Gasteiger partial charge in [-0.3, -0.25) is 0 Å². The highest BCUT2D eigenvalue weighted by molar-refractivity contribution is 5.19. The number of unbranched alkanes of at least 4 members (excludes halogenated alkanes) is 2. The summed E-state index contributed by atoms with van der Waals surface area (Å²) < 4.78 is 0. The first kappa shape index (κ1) is 10.5. The van der Waals surface area contributed by atoms with E-state index in [1.54, 1.807) is 0 Å². The van der Waals surface area contributed by atoms with E-state index < -0.39 is 0 Å². The third-order valence-corrected chi connectivity index (χ3v) is 1.54. The summed E-state index contributed by atoms with van der Waals surface area (Å²) in [5.74, 6) is 0. The van der Waals surface area contributed by atoms with Crippen LogP contribution in [-0.2, 0) is 0 Å². The Morgan fingerprint density at radius 2 is 1.82 bits per heavy atom. The van der Waals surface area contributed by atoms with E-state index in [0.717, 1.165) is 0 Å². The van der Waals surface area contributed by atoms with Gasteiger partial charge < -0.3 is 0 Å². The normalized spacial score (nSPS) is 11.5. The fraction of sp³-hybridized carbons (Fsp3) is 0.636. The third kappa shape index (κ3) is 7.38. The summed E-state index contributed by atoms with van der Waals surface area (Å²) in [6.45, 7) is 8.67. The van der Waals surface area contributed by atoms with Gasteiger partial charge in [-0.1, -0.05) is 43.1 Å². The summed E-state index contributed by atoms with van der Waals surface area (Å²) in [7, 11) is 0. The molecule has 0 bridgehead atoms. The van der Waals surface area contributed by atoms with Gasteiger partial charge in [-0.2, -0.15) is 0 Å². The monoisotopic (exact) mass is 152 g/mol. The molecule has 0 heteroatoms. The van der Waals surface area contributed by atoms with Crippen molar-refractivity contribution in [1.29, 1.82) is 0 Å². The molecule has 0 N–H and O–H groups in total. The highest BCUT2D eigenvalue weighted by Crippen LogP contribution is 2.04. The predicted octanol–water partition coefficient (Wildman–Crippen LogP) is 4.09. The van der Waals surface area contributed by atoms with Gasteiger partial charge in [0.2, 0.25) is 0 Å². The third-order valence-electron chi connectivity index (χ3n) is 1.54. The Kier molecular flexibility index (Phi) is 5.91. The topological polar surface area (TPSA) is 0 Å². The molecular weight excluding hydrogens is 132 g/mol. The maximum atomic E-state index is 2.32. The van der Waals surface area contributed by atoms with Crippen molar-refractivity contribution >= 4 is 0 Å². The smallest absolute Gasteiger partial charge is 0.0345 e. The second kappa shape index (κ2) is 6.21. The Balaban J connectivity index is 3.72. The number of hydrogen-bond donors (Lipinski definition) is 0. The molecule has 0 atom stereocenters. The lowest BCUT2D eigenvalue weighted by Gasteiger charge is -1.94. The fourth-order valence-electron chi connectivity index (χ4n) is 1.05. The van der Waals surface area contributed by atoms with Crippen molar-refractivity contribution in [2.24, 2.45) is 0 Å². The van der Waals surface area contributed by atoms with Crippen LogP contribution < -0.4 is 0 Å². The van der Waals surface area contributed by atoms with Gasteiger partial charge >= 0.3 is 0 Å². The molecule has 0 aromatic carbocycles. The van der Waals surface area contributed by atoms with Crippen LogP contribution in [0.4, 0.5) is 0 Å². The van der Waals surface area contributed by atoms with E-state index in [2.05, 4.69) is 39.8 Å². The SMILES string of the molecule is CCCCC=C(C)C=C(C)C. The van der Waals surface area contributed by atoms with Crippen molar-refractivity contribution in [2.45, 2.75) is 47.0 Å². The van der Waals surface area contributed by atoms with Crippen molar-refractivity contribution in [3.63, 3.8) is 0 Å². The molecule has 0 aliphatic carbocycles. The van der Waals surface area contributed by atoms with E-state index in [9.17, 15) is 0 Å². The highest BCUT2D eigenvalue weighted by Gasteiger charge is 1.83. The van der Waals surface area contributed by atoms with Crippen molar-refractivity contribution < 1.29 is 0 Å². The van der Waals surface area contributed by atoms with Crippen LogP contribution in [0.5, 0.6) is 0 Å². The van der Waals surface area contributed by atoms with E-state index in [4.69, 9.17) is 0 Å². The van der Waals surface area contributed by atoms with Gasteiger partial charge in [0.1, 0.15) is 0 Å². The molecule has 0 aliphatic rings. The van der Waals surface area contributed by atoms with E-state index in [0.29, 0.717) is 0 Å². The number of rotatable bonds is 4. The van der Waals surface area contributed by atoms with Crippen molar-refractivity contribution in [1.82, 2.24) is 0 Å². The van der Waals surface area contributed by atoms with Crippen LogP contribution in [0.3, 0.4) is 0 Å². The van der Waals surface area contributed by atoms with E-state index >= 15 is 0 Å². The summed E-state index contributed by atoms with van der Waals surface area (Å²) in [5.41, 5.74) is 2.79. The number of hydrogen-bond acceptors (Lipinski definition) is 0. The van der Waals surface area contributed by atoms with E-state index in [-0.39, 0.29) is 0 Å². The van der Waals surface area contributed by atoms with Gasteiger partial charge in [0.05, 0.1) is 0 Å². The maximum Gasteiger partial charge on any atom is -0.0345 e. The predicted molar refractivity (Wildman–Crippen MR) is 52.7 cm³/mol. The zero-order valence-corrected chi connectivity index (χ0v) is 8.28. The Labute approximate surface area is 71.0 Å². The molecule has 0 rings (SSSR count). The zero-order valence-electron chi connectivity index (χ0n) is 8.28. The summed E-state index contributed by atoms with van der Waals surface area (Å²) in [6.07, 6.45) is 8.38. The molecule has 11 heavy (non-hydrogen) atoms. The molecule has 64 valence electrons. The molecule has 0 fully saturated rings. The Morgan fingerprint density at radius 1 is 1.18 bits per heavy atom. The number of allylic oxidation sites excluding steroid dienone is 4. The molecule has 0 nitrogen and oxygen atoms in total. The van der Waals surface area contributed by atoms with Gasteiger partial charge in [-0.15, -0.1) is 0 Å². The molecule has 0 spiro atoms.